The summed E-state index contributed by atoms with van der Waals surface area (Å²) in [7, 11) is 0. The lowest BCUT2D eigenvalue weighted by atomic mass is 9.85. The molecule has 1 atom stereocenters. The zero-order valence-corrected chi connectivity index (χ0v) is 13.6. The summed E-state index contributed by atoms with van der Waals surface area (Å²) in [4.78, 5) is 0. The average Bonchev–Trinajstić information content (AvgIpc) is 2.62. The molecule has 0 amide bonds. The summed E-state index contributed by atoms with van der Waals surface area (Å²) < 4.78 is 0. The average molecular weight is 336 g/mol. The standard InChI is InChI=1S/C21H20O4/c22-17-7-1-14(2-8-17)20(15-3-9-18(23)10-4-15)13-21(25)16-5-11-19(24)12-6-16/h1-12,20-25H,13H2. The van der Waals surface area contributed by atoms with E-state index in [0.717, 1.165) is 16.7 Å². The Kier molecular flexibility index (Phi) is 4.91. The van der Waals surface area contributed by atoms with Gasteiger partial charge in [0.05, 0.1) is 6.10 Å². The van der Waals surface area contributed by atoms with Gasteiger partial charge in [-0.05, 0) is 59.5 Å². The molecule has 3 rings (SSSR count). The number of hydrogen-bond donors (Lipinski definition) is 4. The highest BCUT2D eigenvalue weighted by atomic mass is 16.3. The number of aliphatic hydroxyl groups is 1. The first-order valence-electron chi connectivity index (χ1n) is 8.08. The third kappa shape index (κ3) is 4.11. The largest absolute Gasteiger partial charge is 0.508 e. The molecule has 0 heterocycles. The molecule has 0 aromatic heterocycles. The van der Waals surface area contributed by atoms with Crippen molar-refractivity contribution in [1.29, 1.82) is 0 Å². The minimum Gasteiger partial charge on any atom is -0.508 e. The number of benzene rings is 3. The van der Waals surface area contributed by atoms with Crippen LogP contribution >= 0.6 is 0 Å². The number of aliphatic hydroxyl groups excluding tert-OH is 1. The van der Waals surface area contributed by atoms with E-state index in [-0.39, 0.29) is 23.2 Å². The number of phenols is 3. The van der Waals surface area contributed by atoms with Gasteiger partial charge in [-0.1, -0.05) is 36.4 Å². The lowest BCUT2D eigenvalue weighted by Gasteiger charge is -2.22. The van der Waals surface area contributed by atoms with Crippen LogP contribution in [-0.2, 0) is 0 Å². The van der Waals surface area contributed by atoms with E-state index in [4.69, 9.17) is 0 Å². The van der Waals surface area contributed by atoms with Gasteiger partial charge in [0.25, 0.3) is 0 Å². The molecule has 0 aliphatic heterocycles. The van der Waals surface area contributed by atoms with Crippen LogP contribution in [0.3, 0.4) is 0 Å². The first-order chi connectivity index (χ1) is 12.0. The van der Waals surface area contributed by atoms with Crippen molar-refractivity contribution < 1.29 is 20.4 Å². The van der Waals surface area contributed by atoms with Crippen LogP contribution in [0.25, 0.3) is 0 Å². The molecule has 4 nitrogen and oxygen atoms in total. The summed E-state index contributed by atoms with van der Waals surface area (Å²) >= 11 is 0. The van der Waals surface area contributed by atoms with Gasteiger partial charge in [-0.15, -0.1) is 0 Å². The molecule has 3 aromatic carbocycles. The van der Waals surface area contributed by atoms with Crippen molar-refractivity contribution in [2.45, 2.75) is 18.4 Å². The van der Waals surface area contributed by atoms with Crippen LogP contribution < -0.4 is 0 Å². The van der Waals surface area contributed by atoms with Gasteiger partial charge in [0.2, 0.25) is 0 Å². The van der Waals surface area contributed by atoms with Crippen LogP contribution in [0.4, 0.5) is 0 Å². The monoisotopic (exact) mass is 336 g/mol. The second-order valence-electron chi connectivity index (χ2n) is 6.08. The van der Waals surface area contributed by atoms with Gasteiger partial charge < -0.3 is 20.4 Å². The van der Waals surface area contributed by atoms with E-state index in [1.165, 1.54) is 0 Å². The normalized spacial score (nSPS) is 12.2. The molecule has 0 spiro atoms. The van der Waals surface area contributed by atoms with Crippen molar-refractivity contribution in [3.05, 3.63) is 89.5 Å². The highest BCUT2D eigenvalue weighted by Crippen LogP contribution is 2.35. The van der Waals surface area contributed by atoms with Crippen molar-refractivity contribution in [1.82, 2.24) is 0 Å². The lowest BCUT2D eigenvalue weighted by Crippen LogP contribution is -2.08. The Morgan fingerprint density at radius 3 is 1.20 bits per heavy atom. The van der Waals surface area contributed by atoms with Crippen LogP contribution in [0.2, 0.25) is 0 Å². The van der Waals surface area contributed by atoms with Crippen molar-refractivity contribution >= 4 is 0 Å². The van der Waals surface area contributed by atoms with Crippen LogP contribution in [0.1, 0.15) is 35.1 Å². The summed E-state index contributed by atoms with van der Waals surface area (Å²) in [5.74, 6) is 0.425. The molecule has 0 bridgehead atoms. The summed E-state index contributed by atoms with van der Waals surface area (Å²) in [6, 6.07) is 20.3. The SMILES string of the molecule is Oc1ccc(C(O)CC(c2ccc(O)cc2)c2ccc(O)cc2)cc1. The van der Waals surface area contributed by atoms with Crippen molar-refractivity contribution in [3.8, 4) is 17.2 Å². The molecule has 1 unspecified atom stereocenters. The van der Waals surface area contributed by atoms with E-state index in [0.29, 0.717) is 6.42 Å². The molecule has 0 aliphatic carbocycles. The fraction of sp³-hybridized carbons (Fsp3) is 0.143. The van der Waals surface area contributed by atoms with E-state index in [1.807, 2.05) is 24.3 Å². The highest BCUT2D eigenvalue weighted by molar-refractivity contribution is 5.38. The fourth-order valence-corrected chi connectivity index (χ4v) is 2.93. The third-order valence-corrected chi connectivity index (χ3v) is 4.33. The Labute approximate surface area is 146 Å². The van der Waals surface area contributed by atoms with Gasteiger partial charge >= 0.3 is 0 Å². The number of hydrogen-bond acceptors (Lipinski definition) is 4. The maximum absolute atomic E-state index is 10.6. The topological polar surface area (TPSA) is 80.9 Å². The zero-order valence-electron chi connectivity index (χ0n) is 13.6. The predicted molar refractivity (Wildman–Crippen MR) is 95.7 cm³/mol. The second-order valence-corrected chi connectivity index (χ2v) is 6.08. The minimum absolute atomic E-state index is 0.106. The number of phenolic OH excluding ortho intramolecular Hbond substituents is 3. The molecule has 3 aromatic rings. The van der Waals surface area contributed by atoms with E-state index in [9.17, 15) is 20.4 Å². The molecule has 0 fully saturated rings. The maximum Gasteiger partial charge on any atom is 0.115 e. The molecule has 0 saturated carbocycles. The van der Waals surface area contributed by atoms with Crippen LogP contribution in [-0.4, -0.2) is 20.4 Å². The molecule has 0 radical (unpaired) electrons. The third-order valence-electron chi connectivity index (χ3n) is 4.33. The van der Waals surface area contributed by atoms with E-state index < -0.39 is 6.10 Å². The quantitative estimate of drug-likeness (QED) is 0.566. The van der Waals surface area contributed by atoms with E-state index in [1.54, 1.807) is 48.5 Å². The molecule has 0 saturated heterocycles. The summed E-state index contributed by atoms with van der Waals surface area (Å²) in [6.45, 7) is 0. The van der Waals surface area contributed by atoms with E-state index >= 15 is 0 Å². The predicted octanol–water partition coefficient (Wildman–Crippen LogP) is 4.06. The lowest BCUT2D eigenvalue weighted by molar-refractivity contribution is 0.162. The first kappa shape index (κ1) is 16.9. The molecular formula is C21H20O4. The first-order valence-corrected chi connectivity index (χ1v) is 8.08. The Balaban J connectivity index is 1.91. The van der Waals surface area contributed by atoms with Gasteiger partial charge in [0.1, 0.15) is 17.2 Å². The van der Waals surface area contributed by atoms with Crippen LogP contribution in [0.5, 0.6) is 17.2 Å². The molecular weight excluding hydrogens is 316 g/mol. The Morgan fingerprint density at radius 1 is 0.520 bits per heavy atom. The molecule has 4 heteroatoms. The maximum atomic E-state index is 10.6. The van der Waals surface area contributed by atoms with Gasteiger partial charge in [-0.25, -0.2) is 0 Å². The summed E-state index contributed by atoms with van der Waals surface area (Å²) in [5.41, 5.74) is 2.64. The zero-order chi connectivity index (χ0) is 17.8. The Hall–Kier alpha value is -2.98. The van der Waals surface area contributed by atoms with Gasteiger partial charge in [-0.3, -0.25) is 0 Å². The van der Waals surface area contributed by atoms with Gasteiger partial charge in [0.15, 0.2) is 0 Å². The van der Waals surface area contributed by atoms with Gasteiger partial charge in [-0.2, -0.15) is 0 Å². The van der Waals surface area contributed by atoms with Gasteiger partial charge in [0, 0.05) is 5.92 Å². The number of aromatic hydroxyl groups is 3. The molecule has 25 heavy (non-hydrogen) atoms. The van der Waals surface area contributed by atoms with Crippen LogP contribution in [0, 0.1) is 0 Å². The Bertz CT molecular complexity index is 763. The summed E-state index contributed by atoms with van der Waals surface area (Å²) in [6.07, 6.45) is -0.284. The summed E-state index contributed by atoms with van der Waals surface area (Å²) in [5, 5.41) is 39.1. The van der Waals surface area contributed by atoms with Crippen LogP contribution in [0.15, 0.2) is 72.8 Å². The van der Waals surface area contributed by atoms with Crippen molar-refractivity contribution in [2.75, 3.05) is 0 Å². The van der Waals surface area contributed by atoms with E-state index in [2.05, 4.69) is 0 Å². The fourth-order valence-electron chi connectivity index (χ4n) is 2.93. The highest BCUT2D eigenvalue weighted by Gasteiger charge is 2.20. The molecule has 0 aliphatic rings. The van der Waals surface area contributed by atoms with Crippen molar-refractivity contribution in [2.24, 2.45) is 0 Å². The second kappa shape index (κ2) is 7.28. The minimum atomic E-state index is -0.715. The smallest absolute Gasteiger partial charge is 0.115 e. The molecule has 128 valence electrons. The molecule has 4 N–H and O–H groups in total. The number of rotatable bonds is 5. The van der Waals surface area contributed by atoms with Crippen molar-refractivity contribution in [3.63, 3.8) is 0 Å². The Morgan fingerprint density at radius 2 is 0.840 bits per heavy atom.